The zero-order chi connectivity index (χ0) is 41.5. The van der Waals surface area contributed by atoms with Gasteiger partial charge in [-0.3, -0.25) is 19.7 Å². The number of nitrogens with one attached hydrogen (secondary N) is 4. The Kier molecular flexibility index (Phi) is 12.5. The molecule has 14 nitrogen and oxygen atoms in total. The van der Waals surface area contributed by atoms with E-state index in [0.29, 0.717) is 57.7 Å². The molecule has 1 aliphatic heterocycles. The maximum atomic E-state index is 14.6. The van der Waals surface area contributed by atoms with Gasteiger partial charge in [0.2, 0.25) is 0 Å². The summed E-state index contributed by atoms with van der Waals surface area (Å²) in [6.07, 6.45) is 1.87. The maximum absolute atomic E-state index is 14.6. The van der Waals surface area contributed by atoms with Crippen LogP contribution in [0.25, 0.3) is 10.9 Å². The lowest BCUT2D eigenvalue weighted by Gasteiger charge is -2.17. The number of hydrogen-bond acceptors (Lipinski definition) is 11. The van der Waals surface area contributed by atoms with Gasteiger partial charge in [-0.25, -0.2) is 19.2 Å². The highest BCUT2D eigenvalue weighted by molar-refractivity contribution is 6.49. The molecule has 0 radical (unpaired) electrons. The highest BCUT2D eigenvalue weighted by atomic mass is 35.5. The number of benzene rings is 5. The summed E-state index contributed by atoms with van der Waals surface area (Å²) >= 11 is 12.5. The first kappa shape index (κ1) is 40.4. The van der Waals surface area contributed by atoms with Gasteiger partial charge in [-0.15, -0.1) is 0 Å². The molecule has 0 fully saturated rings. The van der Waals surface area contributed by atoms with Crippen LogP contribution >= 0.6 is 23.2 Å². The van der Waals surface area contributed by atoms with Gasteiger partial charge in [0.1, 0.15) is 30.3 Å². The van der Waals surface area contributed by atoms with Gasteiger partial charge >= 0.3 is 6.03 Å². The number of urea groups is 1. The van der Waals surface area contributed by atoms with E-state index in [4.69, 9.17) is 42.1 Å². The molecule has 1 aromatic heterocycles. The number of hydrogen-bond donors (Lipinski definition) is 4. The number of halogens is 3. The predicted molar refractivity (Wildman–Crippen MR) is 218 cm³/mol. The second-order valence-corrected chi connectivity index (χ2v) is 13.6. The molecule has 4 amide bonds. The standard InChI is InChI=1S/C42H33Cl2FN6O8/c1-56-34-20-32-28(39(48-22-47-32)50-31-6-3-5-29(43)37(31)45)19-35(34)58-17-16-57-15-14-24-10-11-25(18-30(24)44)49-42(55)46-21-23-8-12-26(13-9-23)59-33-7-2-4-27-36(33)40(53)51-41(54)38(27)52/h2-13,18-20,22H,14-17,21H2,1H3,(H2,46,49,55)(H,47,48,50)(H,51,53,54). The molecule has 2 heterocycles. The van der Waals surface area contributed by atoms with E-state index in [9.17, 15) is 23.6 Å². The maximum Gasteiger partial charge on any atom is 0.319 e. The molecule has 0 saturated heterocycles. The second-order valence-electron chi connectivity index (χ2n) is 12.8. The third kappa shape index (κ3) is 9.50. The fraction of sp³-hybridized carbons (Fsp3) is 0.143. The van der Waals surface area contributed by atoms with Crippen LogP contribution in [0, 0.1) is 5.82 Å². The van der Waals surface area contributed by atoms with Crippen LogP contribution in [0.1, 0.15) is 31.8 Å². The molecule has 7 rings (SSSR count). The Balaban J connectivity index is 0.852. The molecule has 0 atom stereocenters. The van der Waals surface area contributed by atoms with Gasteiger partial charge in [-0.2, -0.15) is 0 Å². The number of carbonyl (C=O) groups is 4. The molecule has 0 spiro atoms. The van der Waals surface area contributed by atoms with Gasteiger partial charge in [-0.1, -0.05) is 53.5 Å². The largest absolute Gasteiger partial charge is 0.493 e. The number of amides is 4. The number of Topliss-reactive ketones (excluding diaryl/α,β-unsaturated/α-hetero) is 1. The molecule has 6 aromatic rings. The first-order valence-electron chi connectivity index (χ1n) is 18.0. The Bertz CT molecular complexity index is 2590. The van der Waals surface area contributed by atoms with Crippen LogP contribution in [0.2, 0.25) is 10.0 Å². The van der Waals surface area contributed by atoms with Crippen molar-refractivity contribution in [2.24, 2.45) is 0 Å². The lowest BCUT2D eigenvalue weighted by molar-refractivity contribution is -0.116. The molecule has 59 heavy (non-hydrogen) atoms. The minimum atomic E-state index is -0.985. The lowest BCUT2D eigenvalue weighted by atomic mass is 9.98. The highest BCUT2D eigenvalue weighted by Crippen LogP contribution is 2.36. The summed E-state index contributed by atoms with van der Waals surface area (Å²) in [5.74, 6) is -1.37. The van der Waals surface area contributed by atoms with Gasteiger partial charge < -0.3 is 34.9 Å². The normalized spacial score (nSPS) is 12.1. The van der Waals surface area contributed by atoms with Gasteiger partial charge in [0.05, 0.1) is 42.1 Å². The summed E-state index contributed by atoms with van der Waals surface area (Å²) < 4.78 is 37.7. The number of imide groups is 1. The lowest BCUT2D eigenvalue weighted by Crippen LogP contribution is -2.42. The van der Waals surface area contributed by atoms with E-state index >= 15 is 0 Å². The molecule has 17 heteroatoms. The summed E-state index contributed by atoms with van der Waals surface area (Å²) in [4.78, 5) is 57.5. The Labute approximate surface area is 345 Å². The molecular formula is C42H33Cl2FN6O8. The second kappa shape index (κ2) is 18.2. The van der Waals surface area contributed by atoms with E-state index in [1.54, 1.807) is 66.7 Å². The Morgan fingerprint density at radius 1 is 0.831 bits per heavy atom. The summed E-state index contributed by atoms with van der Waals surface area (Å²) in [7, 11) is 1.52. The first-order valence-corrected chi connectivity index (χ1v) is 18.7. The number of aromatic nitrogens is 2. The highest BCUT2D eigenvalue weighted by Gasteiger charge is 2.33. The summed E-state index contributed by atoms with van der Waals surface area (Å²) in [5.41, 5.74) is 2.77. The molecule has 300 valence electrons. The quantitative estimate of drug-likeness (QED) is 0.0447. The third-order valence-corrected chi connectivity index (χ3v) is 9.62. The van der Waals surface area contributed by atoms with E-state index in [1.165, 1.54) is 37.7 Å². The molecule has 4 N–H and O–H groups in total. The molecule has 0 aliphatic carbocycles. The fourth-order valence-electron chi connectivity index (χ4n) is 6.03. The molecule has 5 aromatic carbocycles. The van der Waals surface area contributed by atoms with Crippen LogP contribution in [-0.4, -0.2) is 60.5 Å². The monoisotopic (exact) mass is 838 g/mol. The van der Waals surface area contributed by atoms with Crippen molar-refractivity contribution in [1.82, 2.24) is 20.6 Å². The first-order chi connectivity index (χ1) is 28.6. The minimum absolute atomic E-state index is 0.0138. The van der Waals surface area contributed by atoms with Crippen LogP contribution in [0.4, 0.5) is 26.4 Å². The predicted octanol–water partition coefficient (Wildman–Crippen LogP) is 8.03. The number of rotatable bonds is 15. The average molecular weight is 840 g/mol. The molecule has 0 unspecified atom stereocenters. The molecule has 0 bridgehead atoms. The van der Waals surface area contributed by atoms with Gasteiger partial charge in [0.25, 0.3) is 17.6 Å². The van der Waals surface area contributed by atoms with Crippen LogP contribution < -0.4 is 35.5 Å². The van der Waals surface area contributed by atoms with Crippen molar-refractivity contribution in [3.05, 3.63) is 135 Å². The van der Waals surface area contributed by atoms with Crippen molar-refractivity contribution in [3.8, 4) is 23.0 Å². The van der Waals surface area contributed by atoms with Gasteiger partial charge in [0.15, 0.2) is 17.3 Å². The summed E-state index contributed by atoms with van der Waals surface area (Å²) in [5, 5.41) is 11.6. The van der Waals surface area contributed by atoms with Gasteiger partial charge in [0, 0.05) is 34.3 Å². The number of carbonyl (C=O) groups excluding carboxylic acids is 4. The minimum Gasteiger partial charge on any atom is -0.493 e. The summed E-state index contributed by atoms with van der Waals surface area (Å²) in [6, 6.07) is 24.0. The average Bonchev–Trinajstić information content (AvgIpc) is 3.23. The van der Waals surface area contributed by atoms with Crippen LogP contribution in [0.15, 0.2) is 97.3 Å². The van der Waals surface area contributed by atoms with E-state index in [-0.39, 0.29) is 47.3 Å². The van der Waals surface area contributed by atoms with E-state index in [0.717, 1.165) is 11.1 Å². The smallest absolute Gasteiger partial charge is 0.319 e. The van der Waals surface area contributed by atoms with Crippen LogP contribution in [-0.2, 0) is 22.5 Å². The Morgan fingerprint density at radius 2 is 1.64 bits per heavy atom. The zero-order valence-corrected chi connectivity index (χ0v) is 32.6. The SMILES string of the molecule is COc1cc2ncnc(Nc3cccc(Cl)c3F)c2cc1OCCOCCc1ccc(NC(=O)NCc2ccc(Oc3cccc4c3C(=O)NC(=O)C4=O)cc2)cc1Cl. The van der Waals surface area contributed by atoms with Crippen LogP contribution in [0.3, 0.4) is 0 Å². The topological polar surface area (TPSA) is 179 Å². The van der Waals surface area contributed by atoms with Crippen molar-refractivity contribution >= 4 is 74.9 Å². The van der Waals surface area contributed by atoms with Crippen LogP contribution in [0.5, 0.6) is 23.0 Å². The number of anilines is 3. The Hall–Kier alpha value is -6.81. The third-order valence-electron chi connectivity index (χ3n) is 8.97. The number of ketones is 1. The zero-order valence-electron chi connectivity index (χ0n) is 31.1. The number of ether oxygens (including phenoxy) is 4. The number of nitrogens with zero attached hydrogens (tertiary/aromatic N) is 2. The van der Waals surface area contributed by atoms with Crippen molar-refractivity contribution in [1.29, 1.82) is 0 Å². The fourth-order valence-corrected chi connectivity index (χ4v) is 6.48. The number of fused-ring (bicyclic) bond motifs is 2. The molecular weight excluding hydrogens is 806 g/mol. The van der Waals surface area contributed by atoms with Crippen molar-refractivity contribution in [2.75, 3.05) is 37.6 Å². The van der Waals surface area contributed by atoms with E-state index < -0.39 is 29.4 Å². The molecule has 0 saturated carbocycles. The van der Waals surface area contributed by atoms with Crippen molar-refractivity contribution in [2.45, 2.75) is 13.0 Å². The number of methoxy groups -OCH3 is 1. The van der Waals surface area contributed by atoms with Gasteiger partial charge in [-0.05, 0) is 72.1 Å². The van der Waals surface area contributed by atoms with E-state index in [2.05, 4.69) is 25.9 Å². The summed E-state index contributed by atoms with van der Waals surface area (Å²) in [6.45, 7) is 1.01. The van der Waals surface area contributed by atoms with E-state index in [1.807, 2.05) is 5.32 Å². The molecule has 1 aliphatic rings. The van der Waals surface area contributed by atoms with Crippen molar-refractivity contribution < 1.29 is 42.5 Å². The Morgan fingerprint density at radius 3 is 2.44 bits per heavy atom. The van der Waals surface area contributed by atoms with Crippen molar-refractivity contribution in [3.63, 3.8) is 0 Å².